The van der Waals surface area contributed by atoms with Crippen LogP contribution < -0.4 is 15.4 Å². The number of aliphatic hydroxyl groups excluding tert-OH is 1. The molecule has 0 radical (unpaired) electrons. The number of carbonyl (C=O) groups excluding carboxylic acids is 7. The van der Waals surface area contributed by atoms with Gasteiger partial charge in [-0.25, -0.2) is 9.59 Å². The van der Waals surface area contributed by atoms with E-state index >= 15 is 9.59 Å². The normalized spacial score (nSPS) is 29.2. The minimum absolute atomic E-state index is 0.0118. The van der Waals surface area contributed by atoms with Crippen LogP contribution in [0.3, 0.4) is 0 Å². The highest BCUT2D eigenvalue weighted by Crippen LogP contribution is 2.46. The molecule has 2 amide bonds. The lowest BCUT2D eigenvalue weighted by atomic mass is 9.83. The second kappa shape index (κ2) is 34.2. The third-order valence-corrected chi connectivity index (χ3v) is 18.5. The molecule has 6 aliphatic heterocycles. The highest BCUT2D eigenvalue weighted by Gasteiger charge is 2.67. The molecule has 9 rings (SSSR count). The Hall–Kier alpha value is -5.84. The fourth-order valence-corrected chi connectivity index (χ4v) is 12.8. The summed E-state index contributed by atoms with van der Waals surface area (Å²) in [6.07, 6.45) is -22.2. The largest absolute Gasteiger partial charge is 0.497 e. The number of halogens is 3. The van der Waals surface area contributed by atoms with Gasteiger partial charge in [0, 0.05) is 48.8 Å². The number of morpholine rings is 1. The number of ether oxygens (including phenoxy) is 18. The number of hydrogen-bond acceptors (Lipinski definition) is 26. The Kier molecular flexibility index (Phi) is 27.2. The first kappa shape index (κ1) is 77.9. The summed E-state index contributed by atoms with van der Waals surface area (Å²) >= 11 is 17.8. The molecule has 6 fully saturated rings. The zero-order chi connectivity index (χ0) is 71.3. The molecule has 98 heavy (non-hydrogen) atoms. The molecular formula is C66H87Cl3N2O26Si. The van der Waals surface area contributed by atoms with Crippen LogP contribution in [0, 0.1) is 0 Å². The van der Waals surface area contributed by atoms with Gasteiger partial charge in [0.25, 0.3) is 17.5 Å². The summed E-state index contributed by atoms with van der Waals surface area (Å²) in [6, 6.07) is 23.6. The number of alkyl carbamates (subject to hydrolysis) is 1. The SMILES string of the molecule is COC(=O)[C@@]1(O[C@H]2C[C@@]3(OC[C@H]4O[C@@H](OCC[Si](C)(C)C)[C@H](OCc5ccc(OC)cc5)[C@@H](OCc5ccccc5)[C@@H]4OCc4ccccc4)O[C@@H]([C@H](O)[C@H]4COC(C)(C)O4)[C@@H]2NC3=O)C[C@H](OC(C)=O)[C@@H](NC(=O)OCC(Cl)(Cl)Cl)[C@H]([C@H](OC(C)=O)[C@@H](COC(C)=O)OC(C)=O)O1. The number of carbonyl (C=O) groups is 7. The van der Waals surface area contributed by atoms with E-state index < -0.39 is 195 Å². The lowest BCUT2D eigenvalue weighted by molar-refractivity contribution is -0.374. The molecule has 0 aromatic heterocycles. The molecule has 28 nitrogen and oxygen atoms in total. The Balaban J connectivity index is 1.24. The maximum Gasteiger partial charge on any atom is 0.407 e. The molecule has 3 aromatic rings. The van der Waals surface area contributed by atoms with Crippen LogP contribution in [0.4, 0.5) is 4.79 Å². The highest BCUT2D eigenvalue weighted by atomic mass is 35.6. The first-order valence-corrected chi connectivity index (χ1v) is 36.7. The van der Waals surface area contributed by atoms with Crippen molar-refractivity contribution in [1.82, 2.24) is 10.6 Å². The number of esters is 5. The monoisotopic (exact) mass is 1460 g/mol. The number of amides is 2. The quantitative estimate of drug-likeness (QED) is 0.0279. The van der Waals surface area contributed by atoms with E-state index in [4.69, 9.17) is 120 Å². The van der Waals surface area contributed by atoms with Gasteiger partial charge in [-0.15, -0.1) is 0 Å². The van der Waals surface area contributed by atoms with E-state index in [-0.39, 0.29) is 33.0 Å². The molecule has 6 aliphatic rings. The van der Waals surface area contributed by atoms with Gasteiger partial charge in [-0.3, -0.25) is 24.0 Å². The van der Waals surface area contributed by atoms with Crippen LogP contribution in [0.2, 0.25) is 25.7 Å². The van der Waals surface area contributed by atoms with E-state index in [0.29, 0.717) is 11.8 Å². The van der Waals surface area contributed by atoms with Crippen LogP contribution in [0.5, 0.6) is 5.75 Å². The fraction of sp³-hybridized carbons (Fsp3) is 0.621. The standard InChI is InChI=1S/C66H87Cl3N2O26Si/c1-37(72)83-33-48(91-39(3)74)54(92-40(4)75)56-50(71-62(79)87-36-66(67,68)69)45(90-38(2)73)28-65(97-56,61(78)81-8)95-46-29-64(60(77)70-51(46)55(96-64)52(76)47-34-88-63(5,6)94-47)89-35-49-53(84-30-41-18-14-12-15-19-41)57(85-31-42-20-16-13-17-21-42)58(59(93-49)82-26-27-98(9,10)11)86-32-43-22-24-44(80-7)25-23-43/h12-25,45-59,76H,26-36H2,1-11H3,(H,70,77)(H,71,79)/t45-,46-,47+,48+,49+,50+,51+,52+,53+,54+,55+,56+,57-,58+,59+,64+,65+/m0/s1. The Morgan fingerprint density at radius 2 is 1.34 bits per heavy atom. The van der Waals surface area contributed by atoms with E-state index in [1.54, 1.807) is 21.0 Å². The number of benzene rings is 3. The van der Waals surface area contributed by atoms with Crippen molar-refractivity contribution >= 4 is 84.7 Å². The van der Waals surface area contributed by atoms with Crippen LogP contribution in [-0.2, 0) is 129 Å². The van der Waals surface area contributed by atoms with Gasteiger partial charge < -0.3 is 101 Å². The number of fused-ring (bicyclic) bond motifs is 3. The molecule has 17 atom stereocenters. The van der Waals surface area contributed by atoms with Gasteiger partial charge in [0.15, 0.2) is 24.3 Å². The van der Waals surface area contributed by atoms with Gasteiger partial charge in [0.1, 0.15) is 73.9 Å². The fourth-order valence-electron chi connectivity index (χ4n) is 11.9. The van der Waals surface area contributed by atoms with Crippen molar-refractivity contribution in [2.45, 2.75) is 213 Å². The molecule has 0 unspecified atom stereocenters. The number of alkyl halides is 3. The molecule has 3 N–H and O–H groups in total. The van der Waals surface area contributed by atoms with Crippen LogP contribution in [0.25, 0.3) is 0 Å². The maximum absolute atomic E-state index is 15.1. The molecule has 2 bridgehead atoms. The maximum atomic E-state index is 15.1. The third-order valence-electron chi connectivity index (χ3n) is 16.4. The Labute approximate surface area is 583 Å². The summed E-state index contributed by atoms with van der Waals surface area (Å²) in [7, 11) is 0.762. The van der Waals surface area contributed by atoms with E-state index in [9.17, 15) is 29.1 Å². The first-order valence-electron chi connectivity index (χ1n) is 31.8. The number of aliphatic hydroxyl groups is 1. The van der Waals surface area contributed by atoms with Crippen molar-refractivity contribution in [3.05, 3.63) is 102 Å². The molecule has 542 valence electrons. The third kappa shape index (κ3) is 21.4. The van der Waals surface area contributed by atoms with Crippen molar-refractivity contribution in [1.29, 1.82) is 0 Å². The zero-order valence-corrected chi connectivity index (χ0v) is 59.6. The van der Waals surface area contributed by atoms with Gasteiger partial charge in [-0.2, -0.15) is 0 Å². The Morgan fingerprint density at radius 3 is 1.89 bits per heavy atom. The minimum Gasteiger partial charge on any atom is -0.497 e. The predicted octanol–water partition coefficient (Wildman–Crippen LogP) is 6.21. The van der Waals surface area contributed by atoms with Crippen molar-refractivity contribution in [3.8, 4) is 5.75 Å². The van der Waals surface area contributed by atoms with Gasteiger partial charge in [-0.1, -0.05) is 127 Å². The smallest absolute Gasteiger partial charge is 0.407 e. The second-order valence-corrected chi connectivity index (χ2v) is 33.9. The molecule has 3 aromatic carbocycles. The average Bonchev–Trinajstić information content (AvgIpc) is 0.803. The topological polar surface area (TPSA) is 330 Å². The van der Waals surface area contributed by atoms with E-state index in [1.807, 2.05) is 84.9 Å². The summed E-state index contributed by atoms with van der Waals surface area (Å²) in [5.74, 6) is -12.3. The van der Waals surface area contributed by atoms with E-state index in [1.165, 1.54) is 0 Å². The second-order valence-electron chi connectivity index (χ2n) is 25.8. The summed E-state index contributed by atoms with van der Waals surface area (Å²) in [5.41, 5.74) is 2.38. The predicted molar refractivity (Wildman–Crippen MR) is 346 cm³/mol. The molecule has 0 saturated carbocycles. The van der Waals surface area contributed by atoms with Gasteiger partial charge in [-0.05, 0) is 48.7 Å². The molecule has 0 aliphatic carbocycles. The van der Waals surface area contributed by atoms with Gasteiger partial charge in [0.05, 0.1) is 71.9 Å². The molecular weight excluding hydrogens is 1370 g/mol. The van der Waals surface area contributed by atoms with Gasteiger partial charge in [0.2, 0.25) is 3.79 Å². The average molecular weight is 1460 g/mol. The van der Waals surface area contributed by atoms with E-state index in [2.05, 4.69) is 30.3 Å². The number of methoxy groups -OCH3 is 2. The Morgan fingerprint density at radius 1 is 0.724 bits per heavy atom. The highest BCUT2D eigenvalue weighted by molar-refractivity contribution is 6.76. The van der Waals surface area contributed by atoms with Crippen LogP contribution >= 0.6 is 34.8 Å². The van der Waals surface area contributed by atoms with Crippen LogP contribution in [0.15, 0.2) is 84.9 Å². The Bertz CT molecular complexity index is 3170. The van der Waals surface area contributed by atoms with E-state index in [0.717, 1.165) is 51.5 Å². The summed E-state index contributed by atoms with van der Waals surface area (Å²) in [6.45, 7) is 11.8. The number of hydrogen-bond donors (Lipinski definition) is 3. The molecule has 6 saturated heterocycles. The minimum atomic E-state index is -2.92. The van der Waals surface area contributed by atoms with Crippen molar-refractivity contribution in [3.63, 3.8) is 0 Å². The van der Waals surface area contributed by atoms with Crippen molar-refractivity contribution in [2.75, 3.05) is 47.3 Å². The van der Waals surface area contributed by atoms with Crippen LogP contribution in [-0.4, -0.2) is 215 Å². The van der Waals surface area contributed by atoms with Crippen LogP contribution in [0.1, 0.15) is 71.1 Å². The summed E-state index contributed by atoms with van der Waals surface area (Å²) < 4.78 is 110. The summed E-state index contributed by atoms with van der Waals surface area (Å²) in [4.78, 5) is 95.9. The lowest BCUT2D eigenvalue weighted by Gasteiger charge is -2.56. The summed E-state index contributed by atoms with van der Waals surface area (Å²) in [5, 5.41) is 17.9. The van der Waals surface area contributed by atoms with Gasteiger partial charge >= 0.3 is 35.9 Å². The lowest BCUT2D eigenvalue weighted by Crippen LogP contribution is -2.78. The number of piperidine rings is 1. The number of nitrogens with one attached hydrogen (secondary N) is 2. The molecule has 0 spiro atoms. The van der Waals surface area contributed by atoms with Crippen molar-refractivity contribution in [2.24, 2.45) is 0 Å². The first-order chi connectivity index (χ1) is 46.3. The molecule has 32 heteroatoms. The number of rotatable bonds is 31. The van der Waals surface area contributed by atoms with Crippen molar-refractivity contribution < 1.29 is 124 Å². The zero-order valence-electron chi connectivity index (χ0n) is 56.3. The molecule has 6 heterocycles.